The van der Waals surface area contributed by atoms with Gasteiger partial charge in [0.25, 0.3) is 5.91 Å². The minimum Gasteiger partial charge on any atom is -0.497 e. The molecule has 1 N–H and O–H groups in total. The topological polar surface area (TPSA) is 53.0 Å². The van der Waals surface area contributed by atoms with Crippen molar-refractivity contribution in [2.45, 2.75) is 16.2 Å². The number of thioether (sulfide) groups is 1. The molecule has 1 heterocycles. The molecule has 0 radical (unpaired) electrons. The maximum absolute atomic E-state index is 13.5. The van der Waals surface area contributed by atoms with E-state index in [1.165, 1.54) is 11.8 Å². The molecule has 30 heavy (non-hydrogen) atoms. The Labute approximate surface area is 181 Å². The molecule has 0 aromatic heterocycles. The summed E-state index contributed by atoms with van der Waals surface area (Å²) in [6, 6.07) is 19.7. The zero-order valence-electron chi connectivity index (χ0n) is 17.4. The van der Waals surface area contributed by atoms with Gasteiger partial charge in [-0.05, 0) is 49.3 Å². The number of rotatable bonds is 5. The summed E-state index contributed by atoms with van der Waals surface area (Å²) in [5.41, 5.74) is 1.75. The molecule has 1 aliphatic heterocycles. The van der Waals surface area contributed by atoms with E-state index in [-0.39, 0.29) is 5.91 Å². The first-order valence-electron chi connectivity index (χ1n) is 9.96. The number of nitrogens with zero attached hydrogens (tertiary/aromatic N) is 2. The van der Waals surface area contributed by atoms with Crippen molar-refractivity contribution in [2.24, 2.45) is 0 Å². The number of aliphatic hydroxyl groups is 1. The first kappa shape index (κ1) is 20.7. The average molecular weight is 423 g/mol. The monoisotopic (exact) mass is 422 g/mol. The zero-order valence-corrected chi connectivity index (χ0v) is 18.2. The number of aliphatic hydroxyl groups excluding tert-OH is 1. The highest BCUT2D eigenvalue weighted by atomic mass is 32.2. The van der Waals surface area contributed by atoms with Crippen molar-refractivity contribution in [1.29, 1.82) is 0 Å². The van der Waals surface area contributed by atoms with Gasteiger partial charge in [-0.3, -0.25) is 4.79 Å². The Bertz CT molecular complexity index is 1050. The minimum absolute atomic E-state index is 0.271. The molecule has 0 aliphatic carbocycles. The summed E-state index contributed by atoms with van der Waals surface area (Å²) in [7, 11) is 5.59. The van der Waals surface area contributed by atoms with Gasteiger partial charge in [0.15, 0.2) is 0 Å². The summed E-state index contributed by atoms with van der Waals surface area (Å²) in [4.78, 5) is 18.3. The van der Waals surface area contributed by atoms with Gasteiger partial charge in [0.2, 0.25) is 0 Å². The van der Waals surface area contributed by atoms with Gasteiger partial charge in [-0.1, -0.05) is 36.4 Å². The fraction of sp³-hybridized carbons (Fsp3) is 0.292. The van der Waals surface area contributed by atoms with Crippen LogP contribution < -0.4 is 9.64 Å². The van der Waals surface area contributed by atoms with Crippen molar-refractivity contribution in [3.05, 3.63) is 66.2 Å². The number of methoxy groups -OCH3 is 1. The fourth-order valence-corrected chi connectivity index (χ4v) is 5.10. The second-order valence-corrected chi connectivity index (χ2v) is 8.86. The molecular formula is C24H26N2O3S. The Morgan fingerprint density at radius 3 is 2.43 bits per heavy atom. The highest BCUT2D eigenvalue weighted by Crippen LogP contribution is 2.46. The summed E-state index contributed by atoms with van der Waals surface area (Å²) >= 11 is 1.54. The molecule has 3 aromatic carbocycles. The van der Waals surface area contributed by atoms with Crippen LogP contribution in [0, 0.1) is 0 Å². The van der Waals surface area contributed by atoms with Crippen molar-refractivity contribution >= 4 is 34.1 Å². The number of hydrogen-bond acceptors (Lipinski definition) is 5. The molecule has 0 fully saturated rings. The molecule has 0 saturated heterocycles. The van der Waals surface area contributed by atoms with E-state index in [4.69, 9.17) is 4.74 Å². The number of ether oxygens (including phenoxy) is 1. The third-order valence-electron chi connectivity index (χ3n) is 5.41. The van der Waals surface area contributed by atoms with Crippen LogP contribution in [0.15, 0.2) is 65.6 Å². The van der Waals surface area contributed by atoms with Gasteiger partial charge < -0.3 is 19.6 Å². The Morgan fingerprint density at radius 2 is 1.77 bits per heavy atom. The second-order valence-electron chi connectivity index (χ2n) is 7.68. The lowest BCUT2D eigenvalue weighted by atomic mass is 10.0. The smallest absolute Gasteiger partial charge is 0.257 e. The van der Waals surface area contributed by atoms with Crippen LogP contribution in [0.1, 0.15) is 10.8 Å². The highest BCUT2D eigenvalue weighted by Gasteiger charge is 2.36. The van der Waals surface area contributed by atoms with E-state index >= 15 is 0 Å². The lowest BCUT2D eigenvalue weighted by Gasteiger charge is -2.33. The van der Waals surface area contributed by atoms with Gasteiger partial charge in [0.1, 0.15) is 11.9 Å². The van der Waals surface area contributed by atoms with Crippen LogP contribution in [0.5, 0.6) is 5.75 Å². The molecule has 0 unspecified atom stereocenters. The minimum atomic E-state index is -1.16. The predicted molar refractivity (Wildman–Crippen MR) is 122 cm³/mol. The Kier molecular flexibility index (Phi) is 5.99. The summed E-state index contributed by atoms with van der Waals surface area (Å²) in [5, 5.41) is 12.9. The van der Waals surface area contributed by atoms with Crippen molar-refractivity contribution in [1.82, 2.24) is 4.90 Å². The molecule has 6 heteroatoms. The van der Waals surface area contributed by atoms with Gasteiger partial charge >= 0.3 is 0 Å². The molecule has 4 rings (SSSR count). The van der Waals surface area contributed by atoms with E-state index in [2.05, 4.69) is 18.2 Å². The van der Waals surface area contributed by atoms with Crippen LogP contribution >= 0.6 is 11.8 Å². The van der Waals surface area contributed by atoms with Gasteiger partial charge in [-0.15, -0.1) is 11.8 Å². The number of benzene rings is 3. The van der Waals surface area contributed by atoms with E-state index in [1.807, 2.05) is 61.5 Å². The molecule has 3 aromatic rings. The van der Waals surface area contributed by atoms with E-state index in [9.17, 15) is 9.90 Å². The number of carbonyl (C=O) groups excluding carboxylic acids is 1. The predicted octanol–water partition coefficient (Wildman–Crippen LogP) is 3.95. The highest BCUT2D eigenvalue weighted by molar-refractivity contribution is 7.99. The summed E-state index contributed by atoms with van der Waals surface area (Å²) in [6.07, 6.45) is -1.16. The number of hydrogen-bond donors (Lipinski definition) is 1. The van der Waals surface area contributed by atoms with Gasteiger partial charge in [-0.25, -0.2) is 0 Å². The van der Waals surface area contributed by atoms with E-state index in [0.29, 0.717) is 13.1 Å². The molecule has 0 bridgehead atoms. The third kappa shape index (κ3) is 3.90. The van der Waals surface area contributed by atoms with E-state index in [0.717, 1.165) is 32.7 Å². The van der Waals surface area contributed by atoms with Crippen LogP contribution in [0.25, 0.3) is 10.8 Å². The number of carbonyl (C=O) groups is 1. The number of amides is 1. The normalized spacial score (nSPS) is 19.1. The maximum atomic E-state index is 13.5. The standard InChI is InChI=1S/C24H26N2O3S/c1-25(2)14-15-26-19-8-4-6-16-7-5-9-20(21(16)19)30-23(22(27)24(26)28)17-10-12-18(29-3)13-11-17/h4-13,22-23,27H,14-15H2,1-3H3/t22-,23-/m0/s1. The first-order chi connectivity index (χ1) is 14.5. The van der Waals surface area contributed by atoms with Crippen molar-refractivity contribution in [3.8, 4) is 5.75 Å². The van der Waals surface area contributed by atoms with Crippen LogP contribution in [-0.2, 0) is 4.79 Å². The average Bonchev–Trinajstić information content (AvgIpc) is 2.76. The second kappa shape index (κ2) is 8.68. The summed E-state index contributed by atoms with van der Waals surface area (Å²) in [6.45, 7) is 1.22. The van der Waals surface area contributed by atoms with Crippen molar-refractivity contribution < 1.29 is 14.6 Å². The SMILES string of the molecule is COc1ccc([C@@H]2Sc3cccc4cccc(c34)N(CCN(C)C)C(=O)[C@H]2O)cc1. The van der Waals surface area contributed by atoms with Crippen LogP contribution in [0.2, 0.25) is 0 Å². The van der Waals surface area contributed by atoms with Crippen LogP contribution in [0.4, 0.5) is 5.69 Å². The largest absolute Gasteiger partial charge is 0.497 e. The molecule has 0 saturated carbocycles. The quantitative estimate of drug-likeness (QED) is 0.675. The molecule has 1 amide bonds. The summed E-state index contributed by atoms with van der Waals surface area (Å²) < 4.78 is 5.26. The lowest BCUT2D eigenvalue weighted by molar-refractivity contribution is -0.126. The van der Waals surface area contributed by atoms with Crippen LogP contribution in [0.3, 0.4) is 0 Å². The van der Waals surface area contributed by atoms with Gasteiger partial charge in [0, 0.05) is 23.4 Å². The lowest BCUT2D eigenvalue weighted by Crippen LogP contribution is -2.45. The fourth-order valence-electron chi connectivity index (χ4n) is 3.79. The molecular weight excluding hydrogens is 396 g/mol. The van der Waals surface area contributed by atoms with Crippen molar-refractivity contribution in [3.63, 3.8) is 0 Å². The number of anilines is 1. The molecule has 156 valence electrons. The van der Waals surface area contributed by atoms with Gasteiger partial charge in [-0.2, -0.15) is 0 Å². The Balaban J connectivity index is 1.86. The third-order valence-corrected chi connectivity index (χ3v) is 6.79. The van der Waals surface area contributed by atoms with E-state index in [1.54, 1.807) is 12.0 Å². The molecule has 0 spiro atoms. The first-order valence-corrected chi connectivity index (χ1v) is 10.8. The Hall–Kier alpha value is -2.54. The van der Waals surface area contributed by atoms with Gasteiger partial charge in [0.05, 0.1) is 18.0 Å². The zero-order chi connectivity index (χ0) is 21.3. The Morgan fingerprint density at radius 1 is 1.07 bits per heavy atom. The molecule has 1 aliphatic rings. The molecule has 2 atom stereocenters. The maximum Gasteiger partial charge on any atom is 0.257 e. The number of likely N-dealkylation sites (N-methyl/N-ethyl adjacent to an activating group) is 1. The van der Waals surface area contributed by atoms with Crippen molar-refractivity contribution in [2.75, 3.05) is 39.2 Å². The molecule has 5 nitrogen and oxygen atoms in total. The summed E-state index contributed by atoms with van der Waals surface area (Å²) in [5.74, 6) is 0.475. The van der Waals surface area contributed by atoms with Crippen LogP contribution in [-0.4, -0.2) is 56.3 Å². The van der Waals surface area contributed by atoms with E-state index < -0.39 is 11.4 Å².